The third-order valence-corrected chi connectivity index (χ3v) is 3.72. The summed E-state index contributed by atoms with van der Waals surface area (Å²) in [6.07, 6.45) is 6.01. The molecule has 20 heavy (non-hydrogen) atoms. The van der Waals surface area contributed by atoms with Crippen molar-refractivity contribution >= 4 is 5.69 Å². The van der Waals surface area contributed by atoms with Crippen molar-refractivity contribution < 1.29 is 0 Å². The van der Waals surface area contributed by atoms with Crippen LogP contribution in [0.15, 0.2) is 18.2 Å². The highest BCUT2D eigenvalue weighted by atomic mass is 15.1. The average molecular weight is 276 g/mol. The van der Waals surface area contributed by atoms with Crippen molar-refractivity contribution in [3.8, 4) is 0 Å². The fraction of sp³-hybridized carbons (Fsp3) is 0.667. The first-order valence-corrected chi connectivity index (χ1v) is 8.18. The number of aryl methyl sites for hydroxylation is 1. The molecule has 0 fully saturated rings. The van der Waals surface area contributed by atoms with Crippen molar-refractivity contribution in [1.82, 2.24) is 0 Å². The molecule has 0 spiro atoms. The first-order valence-electron chi connectivity index (χ1n) is 8.18. The Morgan fingerprint density at radius 3 is 2.15 bits per heavy atom. The van der Waals surface area contributed by atoms with Crippen LogP contribution in [0.3, 0.4) is 0 Å². The summed E-state index contributed by atoms with van der Waals surface area (Å²) in [7, 11) is 0. The number of rotatable bonds is 9. The van der Waals surface area contributed by atoms with Crippen LogP contribution < -0.4 is 10.6 Å². The molecule has 0 radical (unpaired) electrons. The predicted molar refractivity (Wildman–Crippen MR) is 90.6 cm³/mol. The zero-order valence-corrected chi connectivity index (χ0v) is 13.8. The van der Waals surface area contributed by atoms with E-state index in [2.05, 4.69) is 50.8 Å². The summed E-state index contributed by atoms with van der Waals surface area (Å²) in [4.78, 5) is 2.55. The Hall–Kier alpha value is -1.02. The minimum Gasteiger partial charge on any atom is -0.371 e. The molecule has 1 atom stereocenters. The minimum atomic E-state index is 0.233. The van der Waals surface area contributed by atoms with Gasteiger partial charge in [-0.05, 0) is 50.3 Å². The molecular formula is C18H32N2. The third-order valence-electron chi connectivity index (χ3n) is 3.72. The molecule has 1 aromatic rings. The van der Waals surface area contributed by atoms with Gasteiger partial charge in [-0.15, -0.1) is 0 Å². The topological polar surface area (TPSA) is 29.3 Å². The van der Waals surface area contributed by atoms with E-state index in [4.69, 9.17) is 5.73 Å². The number of hydrogen-bond donors (Lipinski definition) is 1. The van der Waals surface area contributed by atoms with Crippen molar-refractivity contribution in [2.45, 2.75) is 65.8 Å². The Morgan fingerprint density at radius 2 is 1.70 bits per heavy atom. The van der Waals surface area contributed by atoms with Crippen LogP contribution in [0.2, 0.25) is 0 Å². The second kappa shape index (κ2) is 9.02. The van der Waals surface area contributed by atoms with Crippen molar-refractivity contribution in [2.24, 2.45) is 5.73 Å². The van der Waals surface area contributed by atoms with Gasteiger partial charge in [0, 0.05) is 24.8 Å². The van der Waals surface area contributed by atoms with E-state index in [1.807, 2.05) is 0 Å². The quantitative estimate of drug-likeness (QED) is 0.729. The van der Waals surface area contributed by atoms with Crippen LogP contribution in [0.5, 0.6) is 0 Å². The van der Waals surface area contributed by atoms with E-state index in [9.17, 15) is 0 Å². The zero-order valence-electron chi connectivity index (χ0n) is 13.8. The monoisotopic (exact) mass is 276 g/mol. The lowest BCUT2D eigenvalue weighted by molar-refractivity contribution is 0.676. The van der Waals surface area contributed by atoms with Crippen molar-refractivity contribution in [3.05, 3.63) is 29.3 Å². The lowest BCUT2D eigenvalue weighted by Gasteiger charge is -2.27. The second-order valence-corrected chi connectivity index (χ2v) is 6.00. The maximum absolute atomic E-state index is 5.89. The fourth-order valence-corrected chi connectivity index (χ4v) is 2.62. The first-order chi connectivity index (χ1) is 9.58. The van der Waals surface area contributed by atoms with E-state index in [0.29, 0.717) is 0 Å². The van der Waals surface area contributed by atoms with Gasteiger partial charge in [0.25, 0.3) is 0 Å². The number of unbranched alkanes of at least 4 members (excludes halogenated alkanes) is 2. The molecule has 1 aromatic carbocycles. The van der Waals surface area contributed by atoms with Crippen molar-refractivity contribution in [3.63, 3.8) is 0 Å². The number of nitrogens with zero attached hydrogens (tertiary/aromatic N) is 1. The summed E-state index contributed by atoms with van der Waals surface area (Å²) in [5.41, 5.74) is 10.0. The van der Waals surface area contributed by atoms with E-state index in [-0.39, 0.29) is 6.04 Å². The van der Waals surface area contributed by atoms with Gasteiger partial charge in [-0.3, -0.25) is 0 Å². The molecule has 0 bridgehead atoms. The Kier molecular flexibility index (Phi) is 7.68. The lowest BCUT2D eigenvalue weighted by Crippen LogP contribution is -2.26. The maximum Gasteiger partial charge on any atom is 0.0396 e. The zero-order chi connectivity index (χ0) is 15.0. The van der Waals surface area contributed by atoms with E-state index >= 15 is 0 Å². The van der Waals surface area contributed by atoms with Crippen LogP contribution >= 0.6 is 0 Å². The van der Waals surface area contributed by atoms with Crippen LogP contribution in [0.1, 0.15) is 57.6 Å². The SMILES string of the molecule is CCCCN(CCCC)c1ccc(CC(C)N)cc1C. The van der Waals surface area contributed by atoms with E-state index in [0.717, 1.165) is 6.42 Å². The summed E-state index contributed by atoms with van der Waals surface area (Å²) >= 11 is 0. The molecule has 0 saturated carbocycles. The van der Waals surface area contributed by atoms with Gasteiger partial charge in [0.15, 0.2) is 0 Å². The van der Waals surface area contributed by atoms with Gasteiger partial charge in [0.05, 0.1) is 0 Å². The summed E-state index contributed by atoms with van der Waals surface area (Å²) in [5, 5.41) is 0. The predicted octanol–water partition coefficient (Wildman–Crippen LogP) is 4.29. The van der Waals surface area contributed by atoms with Crippen molar-refractivity contribution in [2.75, 3.05) is 18.0 Å². The van der Waals surface area contributed by atoms with Crippen LogP contribution in [0.25, 0.3) is 0 Å². The largest absolute Gasteiger partial charge is 0.371 e. The molecule has 0 aliphatic carbocycles. The Morgan fingerprint density at radius 1 is 1.10 bits per heavy atom. The van der Waals surface area contributed by atoms with Crippen molar-refractivity contribution in [1.29, 1.82) is 0 Å². The smallest absolute Gasteiger partial charge is 0.0396 e. The first kappa shape index (κ1) is 17.0. The Labute approximate surface area is 125 Å². The summed E-state index contributed by atoms with van der Waals surface area (Å²) in [6.45, 7) is 11.2. The molecular weight excluding hydrogens is 244 g/mol. The molecule has 1 unspecified atom stereocenters. The fourth-order valence-electron chi connectivity index (χ4n) is 2.62. The molecule has 0 aliphatic heterocycles. The molecule has 0 amide bonds. The highest BCUT2D eigenvalue weighted by Crippen LogP contribution is 2.23. The van der Waals surface area contributed by atoms with Gasteiger partial charge in [0.2, 0.25) is 0 Å². The molecule has 1 rings (SSSR count). The standard InChI is InChI=1S/C18H32N2/c1-5-7-11-20(12-8-6-2)18-10-9-17(13-15(18)3)14-16(4)19/h9-10,13,16H,5-8,11-12,14,19H2,1-4H3. The molecule has 0 saturated heterocycles. The lowest BCUT2D eigenvalue weighted by atomic mass is 10.0. The van der Waals surface area contributed by atoms with Gasteiger partial charge in [-0.2, -0.15) is 0 Å². The average Bonchev–Trinajstić information content (AvgIpc) is 2.39. The van der Waals surface area contributed by atoms with Gasteiger partial charge >= 0.3 is 0 Å². The highest BCUT2D eigenvalue weighted by Gasteiger charge is 2.09. The third kappa shape index (κ3) is 5.54. The minimum absolute atomic E-state index is 0.233. The molecule has 0 aliphatic rings. The van der Waals surface area contributed by atoms with Gasteiger partial charge in [-0.25, -0.2) is 0 Å². The van der Waals surface area contributed by atoms with Gasteiger partial charge < -0.3 is 10.6 Å². The van der Waals surface area contributed by atoms with Crippen LogP contribution in [-0.2, 0) is 6.42 Å². The molecule has 0 heterocycles. The van der Waals surface area contributed by atoms with Crippen LogP contribution in [0, 0.1) is 6.92 Å². The van der Waals surface area contributed by atoms with Gasteiger partial charge in [0.1, 0.15) is 0 Å². The van der Waals surface area contributed by atoms with Gasteiger partial charge in [-0.1, -0.05) is 38.8 Å². The highest BCUT2D eigenvalue weighted by molar-refractivity contribution is 5.54. The molecule has 2 nitrogen and oxygen atoms in total. The van der Waals surface area contributed by atoms with Crippen LogP contribution in [0.4, 0.5) is 5.69 Å². The molecule has 114 valence electrons. The number of nitrogens with two attached hydrogens (primary N) is 1. The maximum atomic E-state index is 5.89. The molecule has 0 aromatic heterocycles. The Bertz CT molecular complexity index is 377. The second-order valence-electron chi connectivity index (χ2n) is 6.00. The molecule has 2 heteroatoms. The summed E-state index contributed by atoms with van der Waals surface area (Å²) in [6, 6.07) is 7.08. The Balaban J connectivity index is 2.83. The summed E-state index contributed by atoms with van der Waals surface area (Å²) in [5.74, 6) is 0. The number of anilines is 1. The van der Waals surface area contributed by atoms with E-state index in [1.165, 1.54) is 55.6 Å². The number of hydrogen-bond acceptors (Lipinski definition) is 2. The van der Waals surface area contributed by atoms with Crippen LogP contribution in [-0.4, -0.2) is 19.1 Å². The van der Waals surface area contributed by atoms with E-state index in [1.54, 1.807) is 0 Å². The molecule has 2 N–H and O–H groups in total. The van der Waals surface area contributed by atoms with E-state index < -0.39 is 0 Å². The number of benzene rings is 1. The summed E-state index contributed by atoms with van der Waals surface area (Å²) < 4.78 is 0. The normalized spacial score (nSPS) is 12.4.